The number of carbonyl (C=O) groups excluding carboxylic acids is 1. The lowest BCUT2D eigenvalue weighted by atomic mass is 10.1. The second kappa shape index (κ2) is 10.2. The Bertz CT molecular complexity index is 1070. The number of ether oxygens (including phenoxy) is 1. The molecule has 1 aliphatic rings. The maximum atomic E-state index is 13.0. The molecule has 162 valence electrons. The van der Waals surface area contributed by atoms with Crippen molar-refractivity contribution in [3.63, 3.8) is 0 Å². The molecule has 0 atom stereocenters. The van der Waals surface area contributed by atoms with Gasteiger partial charge in [-0.2, -0.15) is 0 Å². The van der Waals surface area contributed by atoms with Crippen LogP contribution in [0.1, 0.15) is 16.1 Å². The van der Waals surface area contributed by atoms with E-state index in [1.54, 1.807) is 18.6 Å². The Labute approximate surface area is 187 Å². The zero-order valence-corrected chi connectivity index (χ0v) is 17.5. The molecular weight excluding hydrogens is 407 g/mol. The predicted octanol–water partition coefficient (Wildman–Crippen LogP) is 0.820. The number of anilines is 3. The van der Waals surface area contributed by atoms with E-state index in [2.05, 4.69) is 35.4 Å². The van der Waals surface area contributed by atoms with E-state index in [0.717, 1.165) is 30.8 Å². The van der Waals surface area contributed by atoms with E-state index in [1.807, 2.05) is 18.2 Å². The number of hydrogen-bond donors (Lipinski definition) is 3. The molecule has 0 saturated carbocycles. The molecule has 3 aromatic heterocycles. The van der Waals surface area contributed by atoms with Gasteiger partial charge in [0.2, 0.25) is 0 Å². The largest absolute Gasteiger partial charge is 0.382 e. The number of nitrogens with zero attached hydrogens (tertiary/aromatic N) is 5. The van der Waals surface area contributed by atoms with Crippen molar-refractivity contribution in [3.8, 4) is 11.4 Å². The third-order valence-electron chi connectivity index (χ3n) is 5.06. The van der Waals surface area contributed by atoms with Crippen molar-refractivity contribution in [2.75, 3.05) is 48.8 Å². The summed E-state index contributed by atoms with van der Waals surface area (Å²) in [5, 5.41) is 5.48. The molecule has 0 bridgehead atoms. The van der Waals surface area contributed by atoms with Crippen molar-refractivity contribution >= 4 is 31.1 Å². The van der Waals surface area contributed by atoms with Crippen LogP contribution < -0.4 is 21.2 Å². The lowest BCUT2D eigenvalue weighted by Crippen LogP contribution is -2.36. The smallest absolute Gasteiger partial charge is 0.278 e. The van der Waals surface area contributed by atoms with E-state index < -0.39 is 5.91 Å². The van der Waals surface area contributed by atoms with E-state index in [4.69, 9.17) is 18.5 Å². The monoisotopic (exact) mass is 430 g/mol. The van der Waals surface area contributed by atoms with Gasteiger partial charge in [0.05, 0.1) is 42.7 Å². The van der Waals surface area contributed by atoms with Crippen LogP contribution in [0.15, 0.2) is 43.0 Å². The summed E-state index contributed by atoms with van der Waals surface area (Å²) in [6.07, 6.45) is 7.29. The van der Waals surface area contributed by atoms with Gasteiger partial charge in [0, 0.05) is 25.5 Å². The minimum absolute atomic E-state index is 0.0255. The molecular formula is C21H23BN8O2. The van der Waals surface area contributed by atoms with Crippen LogP contribution in [0.5, 0.6) is 0 Å². The van der Waals surface area contributed by atoms with Crippen molar-refractivity contribution < 1.29 is 9.53 Å². The van der Waals surface area contributed by atoms with E-state index in [0.29, 0.717) is 36.8 Å². The van der Waals surface area contributed by atoms with Crippen LogP contribution in [0, 0.1) is 0 Å². The standard InChI is InChI=1S/C21H23BN8O2/c22-27-6-3-14-1-2-15(25-11-14)16-13-26-20(23)19(28-16)21(31)29-17-12-24-5-4-18(17)30-7-9-32-10-8-30/h1-2,4-5,11-13,27H,3,6-10H2,(H2,23,26)(H,29,31). The fraction of sp³-hybridized carbons (Fsp3) is 0.286. The van der Waals surface area contributed by atoms with Crippen molar-refractivity contribution in [2.45, 2.75) is 6.42 Å². The molecule has 1 amide bonds. The highest BCUT2D eigenvalue weighted by Gasteiger charge is 2.20. The molecule has 3 aromatic rings. The summed E-state index contributed by atoms with van der Waals surface area (Å²) in [5.74, 6) is -0.432. The molecule has 4 heterocycles. The average Bonchev–Trinajstić information content (AvgIpc) is 2.84. The number of amides is 1. The lowest BCUT2D eigenvalue weighted by Gasteiger charge is -2.30. The zero-order chi connectivity index (χ0) is 22.3. The maximum Gasteiger partial charge on any atom is 0.278 e. The van der Waals surface area contributed by atoms with E-state index in [1.165, 1.54) is 6.20 Å². The van der Waals surface area contributed by atoms with Gasteiger partial charge >= 0.3 is 0 Å². The number of aromatic nitrogens is 4. The van der Waals surface area contributed by atoms with Gasteiger partial charge in [-0.1, -0.05) is 6.07 Å². The first kappa shape index (κ1) is 21.7. The summed E-state index contributed by atoms with van der Waals surface area (Å²) < 4.78 is 5.41. The van der Waals surface area contributed by atoms with Gasteiger partial charge in [0.1, 0.15) is 5.69 Å². The minimum Gasteiger partial charge on any atom is -0.382 e. The number of hydrogen-bond acceptors (Lipinski definition) is 9. The van der Waals surface area contributed by atoms with Crippen molar-refractivity contribution in [1.82, 2.24) is 25.2 Å². The van der Waals surface area contributed by atoms with E-state index in [-0.39, 0.29) is 11.5 Å². The molecule has 0 aliphatic carbocycles. The molecule has 0 spiro atoms. The molecule has 11 heteroatoms. The van der Waals surface area contributed by atoms with Crippen molar-refractivity contribution in [2.24, 2.45) is 0 Å². The topological polar surface area (TPSA) is 131 Å². The van der Waals surface area contributed by atoms with Gasteiger partial charge in [0.25, 0.3) is 5.91 Å². The molecule has 2 radical (unpaired) electrons. The Morgan fingerprint density at radius 3 is 2.72 bits per heavy atom. The molecule has 0 aromatic carbocycles. The number of nitrogens with one attached hydrogen (secondary N) is 2. The van der Waals surface area contributed by atoms with Gasteiger partial charge in [-0.3, -0.25) is 14.8 Å². The second-order valence-corrected chi connectivity index (χ2v) is 7.19. The molecule has 4 N–H and O–H groups in total. The number of nitrogen functional groups attached to an aromatic ring is 1. The quantitative estimate of drug-likeness (QED) is 0.466. The molecule has 1 fully saturated rings. The molecule has 4 rings (SSSR count). The number of carbonyl (C=O) groups is 1. The summed E-state index contributed by atoms with van der Waals surface area (Å²) in [6, 6.07) is 5.62. The Balaban J connectivity index is 1.55. The number of rotatable bonds is 7. The normalized spacial score (nSPS) is 13.7. The van der Waals surface area contributed by atoms with Crippen LogP contribution in [0.4, 0.5) is 17.2 Å². The highest BCUT2D eigenvalue weighted by molar-refractivity contribution is 6.07. The van der Waals surface area contributed by atoms with Crippen LogP contribution in [0.25, 0.3) is 11.4 Å². The van der Waals surface area contributed by atoms with Crippen molar-refractivity contribution in [3.05, 3.63) is 54.2 Å². The van der Waals surface area contributed by atoms with Crippen molar-refractivity contribution in [1.29, 1.82) is 0 Å². The highest BCUT2D eigenvalue weighted by Crippen LogP contribution is 2.26. The third-order valence-corrected chi connectivity index (χ3v) is 5.06. The summed E-state index contributed by atoms with van der Waals surface area (Å²) in [5.41, 5.74) is 9.50. The Morgan fingerprint density at radius 1 is 1.12 bits per heavy atom. The van der Waals surface area contributed by atoms with Crippen LogP contribution >= 0.6 is 0 Å². The molecule has 32 heavy (non-hydrogen) atoms. The Hall–Kier alpha value is -3.57. The Morgan fingerprint density at radius 2 is 1.97 bits per heavy atom. The number of pyridine rings is 2. The Kier molecular flexibility index (Phi) is 6.88. The minimum atomic E-state index is -0.468. The SMILES string of the molecule is [B]NCCc1ccc(-c2cnc(N)c(C(=O)Nc3cnccc3N3CCOCC3)n2)nc1. The summed E-state index contributed by atoms with van der Waals surface area (Å²) >= 11 is 0. The first-order chi connectivity index (χ1) is 15.7. The molecule has 0 unspecified atom stereocenters. The molecule has 1 aliphatic heterocycles. The van der Waals surface area contributed by atoms with E-state index in [9.17, 15) is 4.79 Å². The fourth-order valence-electron chi connectivity index (χ4n) is 3.37. The van der Waals surface area contributed by atoms with Gasteiger partial charge < -0.3 is 25.9 Å². The number of nitrogens with two attached hydrogens (primary N) is 1. The van der Waals surface area contributed by atoms with Gasteiger partial charge in [-0.25, -0.2) is 9.97 Å². The number of morpholine rings is 1. The van der Waals surface area contributed by atoms with E-state index >= 15 is 0 Å². The lowest BCUT2D eigenvalue weighted by molar-refractivity contribution is 0.102. The van der Waals surface area contributed by atoms with Crippen LogP contribution in [0.2, 0.25) is 0 Å². The predicted molar refractivity (Wildman–Crippen MR) is 122 cm³/mol. The molecule has 1 saturated heterocycles. The summed E-state index contributed by atoms with van der Waals surface area (Å²) in [6.45, 7) is 3.36. The second-order valence-electron chi connectivity index (χ2n) is 7.19. The van der Waals surface area contributed by atoms with Gasteiger partial charge in [-0.05, 0) is 30.7 Å². The zero-order valence-electron chi connectivity index (χ0n) is 17.5. The highest BCUT2D eigenvalue weighted by atomic mass is 16.5. The third kappa shape index (κ3) is 5.01. The van der Waals surface area contributed by atoms with Crippen LogP contribution in [-0.2, 0) is 11.2 Å². The first-order valence-electron chi connectivity index (χ1n) is 10.2. The first-order valence-corrected chi connectivity index (χ1v) is 10.2. The van der Waals surface area contributed by atoms with Gasteiger partial charge in [-0.15, -0.1) is 0 Å². The average molecular weight is 430 g/mol. The summed E-state index contributed by atoms with van der Waals surface area (Å²) in [7, 11) is 5.31. The van der Waals surface area contributed by atoms with Crippen LogP contribution in [0.3, 0.4) is 0 Å². The fourth-order valence-corrected chi connectivity index (χ4v) is 3.37. The maximum absolute atomic E-state index is 13.0. The summed E-state index contributed by atoms with van der Waals surface area (Å²) in [4.78, 5) is 32.3. The molecule has 10 nitrogen and oxygen atoms in total. The van der Waals surface area contributed by atoms with Crippen LogP contribution in [-0.4, -0.2) is 66.7 Å². The van der Waals surface area contributed by atoms with Gasteiger partial charge in [0.15, 0.2) is 19.5 Å².